The molecule has 2 aromatic carbocycles. The third kappa shape index (κ3) is 2.66. The second-order valence-electron chi connectivity index (χ2n) is 4.28. The van der Waals surface area contributed by atoms with Crippen LogP contribution in [0, 0.1) is 9.39 Å². The summed E-state index contributed by atoms with van der Waals surface area (Å²) >= 11 is 2.00. The molecule has 6 nitrogen and oxygen atoms in total. The van der Waals surface area contributed by atoms with Crippen LogP contribution in [0.2, 0.25) is 0 Å². The zero-order chi connectivity index (χ0) is 15.0. The van der Waals surface area contributed by atoms with E-state index in [1.165, 1.54) is 18.2 Å². The Labute approximate surface area is 131 Å². The number of aromatic amines is 1. The molecule has 1 heterocycles. The first-order valence-electron chi connectivity index (χ1n) is 5.85. The van der Waals surface area contributed by atoms with Crippen molar-refractivity contribution in [2.75, 3.05) is 5.32 Å². The quantitative estimate of drug-likeness (QED) is 0.590. The number of carboxylic acids is 1. The van der Waals surface area contributed by atoms with E-state index in [-0.39, 0.29) is 16.9 Å². The Morgan fingerprint density at radius 1 is 1.29 bits per heavy atom. The summed E-state index contributed by atoms with van der Waals surface area (Å²) in [5.74, 6) is -1.58. The van der Waals surface area contributed by atoms with Crippen LogP contribution in [-0.4, -0.2) is 26.5 Å². The number of aromatic carboxylic acids is 1. The first-order valence-corrected chi connectivity index (χ1v) is 6.92. The van der Waals surface area contributed by atoms with E-state index in [2.05, 4.69) is 20.7 Å². The summed E-state index contributed by atoms with van der Waals surface area (Å²) in [4.78, 5) is 11.3. The molecule has 0 aliphatic heterocycles. The van der Waals surface area contributed by atoms with Crippen LogP contribution in [0.4, 0.5) is 15.8 Å². The van der Waals surface area contributed by atoms with Crippen LogP contribution in [0.1, 0.15) is 10.4 Å². The van der Waals surface area contributed by atoms with Gasteiger partial charge in [0, 0.05) is 3.57 Å². The molecule has 1 aromatic heterocycles. The molecule has 0 unspecified atom stereocenters. The van der Waals surface area contributed by atoms with Crippen molar-refractivity contribution in [2.45, 2.75) is 0 Å². The average Bonchev–Trinajstić information content (AvgIpc) is 2.88. The molecule has 0 radical (unpaired) electrons. The number of halogens is 2. The lowest BCUT2D eigenvalue weighted by Gasteiger charge is -2.10. The normalized spacial score (nSPS) is 10.8. The Morgan fingerprint density at radius 3 is 2.81 bits per heavy atom. The van der Waals surface area contributed by atoms with Gasteiger partial charge in [0.2, 0.25) is 0 Å². The van der Waals surface area contributed by atoms with Gasteiger partial charge in [0.15, 0.2) is 0 Å². The van der Waals surface area contributed by atoms with E-state index in [0.29, 0.717) is 11.0 Å². The van der Waals surface area contributed by atoms with Crippen molar-refractivity contribution in [3.05, 3.63) is 45.3 Å². The zero-order valence-corrected chi connectivity index (χ0v) is 12.6. The van der Waals surface area contributed by atoms with Crippen LogP contribution in [0.5, 0.6) is 0 Å². The molecule has 0 amide bonds. The van der Waals surface area contributed by atoms with E-state index in [0.717, 1.165) is 3.57 Å². The fourth-order valence-electron chi connectivity index (χ4n) is 1.91. The molecular weight excluding hydrogens is 390 g/mol. The Balaban J connectivity index is 2.09. The van der Waals surface area contributed by atoms with Crippen LogP contribution in [0.25, 0.3) is 11.0 Å². The highest BCUT2D eigenvalue weighted by molar-refractivity contribution is 14.1. The van der Waals surface area contributed by atoms with Crippen LogP contribution in [0.15, 0.2) is 30.3 Å². The number of nitrogens with zero attached hydrogens (tertiary/aromatic N) is 2. The molecule has 3 rings (SSSR count). The van der Waals surface area contributed by atoms with E-state index < -0.39 is 11.8 Å². The molecule has 0 spiro atoms. The minimum Gasteiger partial charge on any atom is -0.478 e. The number of benzene rings is 2. The molecule has 21 heavy (non-hydrogen) atoms. The van der Waals surface area contributed by atoms with E-state index in [9.17, 15) is 14.3 Å². The van der Waals surface area contributed by atoms with Gasteiger partial charge in [-0.1, -0.05) is 5.21 Å². The number of fused-ring (bicyclic) bond motifs is 1. The van der Waals surface area contributed by atoms with Gasteiger partial charge in [0.25, 0.3) is 0 Å². The predicted molar refractivity (Wildman–Crippen MR) is 83.2 cm³/mol. The molecule has 106 valence electrons. The van der Waals surface area contributed by atoms with Crippen molar-refractivity contribution in [1.29, 1.82) is 0 Å². The summed E-state index contributed by atoms with van der Waals surface area (Å²) < 4.78 is 14.6. The molecule has 0 saturated heterocycles. The third-order valence-electron chi connectivity index (χ3n) is 2.89. The van der Waals surface area contributed by atoms with Gasteiger partial charge in [0.1, 0.15) is 11.3 Å². The summed E-state index contributed by atoms with van der Waals surface area (Å²) in [6.07, 6.45) is 0. The first kappa shape index (κ1) is 13.7. The van der Waals surface area contributed by atoms with Crippen LogP contribution in [-0.2, 0) is 0 Å². The van der Waals surface area contributed by atoms with Crippen molar-refractivity contribution >= 4 is 51.0 Å². The summed E-state index contributed by atoms with van der Waals surface area (Å²) in [7, 11) is 0. The van der Waals surface area contributed by atoms with Gasteiger partial charge < -0.3 is 10.4 Å². The lowest BCUT2D eigenvalue weighted by molar-refractivity contribution is 0.0698. The van der Waals surface area contributed by atoms with Crippen LogP contribution < -0.4 is 5.32 Å². The van der Waals surface area contributed by atoms with Gasteiger partial charge in [-0.2, -0.15) is 0 Å². The van der Waals surface area contributed by atoms with E-state index >= 15 is 0 Å². The molecule has 0 atom stereocenters. The monoisotopic (exact) mass is 398 g/mol. The van der Waals surface area contributed by atoms with Crippen molar-refractivity contribution in [2.24, 2.45) is 0 Å². The Bertz CT molecular complexity index is 849. The van der Waals surface area contributed by atoms with E-state index in [1.54, 1.807) is 12.1 Å². The lowest BCUT2D eigenvalue weighted by atomic mass is 10.1. The summed E-state index contributed by atoms with van der Waals surface area (Å²) in [5, 5.41) is 22.1. The smallest absolute Gasteiger partial charge is 0.337 e. The highest BCUT2D eigenvalue weighted by atomic mass is 127. The van der Waals surface area contributed by atoms with Crippen molar-refractivity contribution in [3.63, 3.8) is 0 Å². The number of rotatable bonds is 3. The number of hydrogen-bond donors (Lipinski definition) is 3. The number of carbonyl (C=O) groups is 1. The van der Waals surface area contributed by atoms with Gasteiger partial charge in [-0.15, -0.1) is 5.10 Å². The summed E-state index contributed by atoms with van der Waals surface area (Å²) in [6, 6.07) is 7.55. The van der Waals surface area contributed by atoms with Gasteiger partial charge >= 0.3 is 5.97 Å². The van der Waals surface area contributed by atoms with Crippen molar-refractivity contribution < 1.29 is 14.3 Å². The molecule has 3 N–H and O–H groups in total. The number of H-pyrrole nitrogens is 1. The number of carboxylic acid groups (broad SMARTS) is 1. The number of hydrogen-bond acceptors (Lipinski definition) is 4. The maximum absolute atomic E-state index is 13.9. The van der Waals surface area contributed by atoms with Gasteiger partial charge in [-0.25, -0.2) is 9.18 Å². The molecular formula is C13H8FIN4O2. The highest BCUT2D eigenvalue weighted by Gasteiger charge is 2.15. The molecule has 0 saturated carbocycles. The minimum atomic E-state index is -1.13. The molecule has 0 fully saturated rings. The standard InChI is InChI=1S/C13H8FIN4O2/c14-8-3-6(15)1-2-9(8)16-10-5-12-11(17-19-18-12)4-7(10)13(20)21/h1-5,16H,(H,20,21)(H,17,18,19). The largest absolute Gasteiger partial charge is 0.478 e. The van der Waals surface area contributed by atoms with Crippen molar-refractivity contribution in [3.8, 4) is 0 Å². The number of anilines is 2. The zero-order valence-electron chi connectivity index (χ0n) is 10.4. The van der Waals surface area contributed by atoms with Gasteiger partial charge in [-0.3, -0.25) is 5.10 Å². The minimum absolute atomic E-state index is 0.00602. The number of nitrogens with one attached hydrogen (secondary N) is 2. The van der Waals surface area contributed by atoms with Gasteiger partial charge in [0.05, 0.1) is 22.5 Å². The SMILES string of the molecule is O=C(O)c1cc2[nH]nnc2cc1Nc1ccc(I)cc1F. The summed E-state index contributed by atoms with van der Waals surface area (Å²) in [6.45, 7) is 0. The van der Waals surface area contributed by atoms with E-state index in [4.69, 9.17) is 0 Å². The Morgan fingerprint density at radius 2 is 2.10 bits per heavy atom. The highest BCUT2D eigenvalue weighted by Crippen LogP contribution is 2.27. The lowest BCUT2D eigenvalue weighted by Crippen LogP contribution is -2.04. The predicted octanol–water partition coefficient (Wildman–Crippen LogP) is 3.14. The van der Waals surface area contributed by atoms with E-state index in [1.807, 2.05) is 22.6 Å². The molecule has 0 aliphatic carbocycles. The fraction of sp³-hybridized carbons (Fsp3) is 0. The Kier molecular flexibility index (Phi) is 3.45. The number of aromatic nitrogens is 3. The molecule has 3 aromatic rings. The molecule has 8 heteroatoms. The van der Waals surface area contributed by atoms with Crippen LogP contribution in [0.3, 0.4) is 0 Å². The topological polar surface area (TPSA) is 90.9 Å². The fourth-order valence-corrected chi connectivity index (χ4v) is 2.36. The second-order valence-corrected chi connectivity index (χ2v) is 5.53. The maximum Gasteiger partial charge on any atom is 0.337 e. The average molecular weight is 398 g/mol. The first-order chi connectivity index (χ1) is 10.0. The summed E-state index contributed by atoms with van der Waals surface area (Å²) in [5.41, 5.74) is 1.45. The molecule has 0 aliphatic rings. The van der Waals surface area contributed by atoms with Crippen molar-refractivity contribution in [1.82, 2.24) is 15.4 Å². The van der Waals surface area contributed by atoms with Gasteiger partial charge in [-0.05, 0) is 52.9 Å². The maximum atomic E-state index is 13.9. The third-order valence-corrected chi connectivity index (χ3v) is 3.57. The second kappa shape index (κ2) is 5.28. The molecule has 0 bridgehead atoms. The van der Waals surface area contributed by atoms with Crippen LogP contribution >= 0.6 is 22.6 Å². The Hall–Kier alpha value is -2.23.